The summed E-state index contributed by atoms with van der Waals surface area (Å²) >= 11 is 0. The summed E-state index contributed by atoms with van der Waals surface area (Å²) in [5.74, 6) is -0.766. The largest absolute Gasteiger partial charge is 0.465 e. The molecule has 1 aromatic carbocycles. The average molecular weight is 302 g/mol. The number of rotatable bonds is 6. The van der Waals surface area contributed by atoms with Crippen molar-refractivity contribution in [1.82, 2.24) is 4.72 Å². The topological polar surface area (TPSA) is 108 Å². The van der Waals surface area contributed by atoms with E-state index in [1.54, 1.807) is 6.92 Å². The van der Waals surface area contributed by atoms with Crippen molar-refractivity contribution in [1.29, 1.82) is 0 Å². The van der Waals surface area contributed by atoms with E-state index in [2.05, 4.69) is 9.46 Å². The lowest BCUT2D eigenvalue weighted by Crippen LogP contribution is -2.32. The van der Waals surface area contributed by atoms with E-state index < -0.39 is 16.0 Å². The molecule has 1 rings (SSSR count). The number of nitrogens with two attached hydrogens (primary N) is 1. The molecule has 0 aliphatic carbocycles. The Labute approximate surface area is 118 Å². The minimum absolute atomic E-state index is 0.0871. The highest BCUT2D eigenvalue weighted by molar-refractivity contribution is 7.89. The number of sulfonamides is 1. The van der Waals surface area contributed by atoms with Crippen LogP contribution in [0.15, 0.2) is 23.1 Å². The smallest absolute Gasteiger partial charge is 0.339 e. The van der Waals surface area contributed by atoms with Crippen LogP contribution in [0.25, 0.3) is 0 Å². The van der Waals surface area contributed by atoms with Gasteiger partial charge < -0.3 is 15.2 Å². The summed E-state index contributed by atoms with van der Waals surface area (Å²) < 4.78 is 36.3. The van der Waals surface area contributed by atoms with Gasteiger partial charge in [-0.15, -0.1) is 0 Å². The molecule has 20 heavy (non-hydrogen) atoms. The van der Waals surface area contributed by atoms with Gasteiger partial charge in [0.05, 0.1) is 23.7 Å². The Kier molecular flexibility index (Phi) is 5.49. The van der Waals surface area contributed by atoms with Crippen LogP contribution in [-0.2, 0) is 19.5 Å². The molecular weight excluding hydrogens is 284 g/mol. The van der Waals surface area contributed by atoms with Gasteiger partial charge in [-0.1, -0.05) is 0 Å². The molecule has 0 saturated heterocycles. The lowest BCUT2D eigenvalue weighted by molar-refractivity contribution is 0.0596. The van der Waals surface area contributed by atoms with E-state index in [9.17, 15) is 13.2 Å². The van der Waals surface area contributed by atoms with Gasteiger partial charge in [-0.3, -0.25) is 0 Å². The van der Waals surface area contributed by atoms with E-state index in [0.29, 0.717) is 0 Å². The molecule has 7 nitrogen and oxygen atoms in total. The molecule has 8 heteroatoms. The van der Waals surface area contributed by atoms with Crippen molar-refractivity contribution in [2.45, 2.75) is 17.9 Å². The number of carbonyl (C=O) groups is 1. The fourth-order valence-electron chi connectivity index (χ4n) is 1.44. The second-order valence-corrected chi connectivity index (χ2v) is 5.88. The summed E-state index contributed by atoms with van der Waals surface area (Å²) in [6.07, 6.45) is -0.292. The van der Waals surface area contributed by atoms with E-state index in [0.717, 1.165) is 0 Å². The first kappa shape index (κ1) is 16.4. The molecule has 0 aliphatic heterocycles. The molecular formula is C12H18N2O5S. The molecule has 1 unspecified atom stereocenters. The van der Waals surface area contributed by atoms with Crippen LogP contribution in [0.3, 0.4) is 0 Å². The predicted molar refractivity (Wildman–Crippen MR) is 73.9 cm³/mol. The highest BCUT2D eigenvalue weighted by atomic mass is 32.2. The number of esters is 1. The third-order valence-electron chi connectivity index (χ3n) is 2.66. The molecule has 0 aromatic heterocycles. The Hall–Kier alpha value is -1.64. The lowest BCUT2D eigenvalue weighted by atomic mass is 10.2. The first-order chi connectivity index (χ1) is 9.31. The molecule has 0 saturated carbocycles. The monoisotopic (exact) mass is 302 g/mol. The van der Waals surface area contributed by atoms with Crippen LogP contribution in [0.5, 0.6) is 0 Å². The van der Waals surface area contributed by atoms with Gasteiger partial charge in [-0.2, -0.15) is 0 Å². The number of nitrogen functional groups attached to an aromatic ring is 1. The Bertz CT molecular complexity index is 586. The van der Waals surface area contributed by atoms with E-state index in [1.165, 1.54) is 32.4 Å². The third-order valence-corrected chi connectivity index (χ3v) is 4.14. The van der Waals surface area contributed by atoms with Crippen molar-refractivity contribution < 1.29 is 22.7 Å². The van der Waals surface area contributed by atoms with Crippen molar-refractivity contribution in [3.05, 3.63) is 23.8 Å². The molecule has 112 valence electrons. The van der Waals surface area contributed by atoms with Crippen molar-refractivity contribution in [2.24, 2.45) is 0 Å². The second-order valence-electron chi connectivity index (χ2n) is 4.15. The summed E-state index contributed by atoms with van der Waals surface area (Å²) in [4.78, 5) is 11.5. The zero-order chi connectivity index (χ0) is 15.3. The lowest BCUT2D eigenvalue weighted by Gasteiger charge is -2.13. The second kappa shape index (κ2) is 6.69. The number of carbonyl (C=O) groups excluding carboxylic acids is 1. The molecule has 3 N–H and O–H groups in total. The SMILES string of the molecule is COC(=O)c1cc(N)ccc1S(=O)(=O)NCC(C)OC. The fraction of sp³-hybridized carbons (Fsp3) is 0.417. The Morgan fingerprint density at radius 3 is 2.60 bits per heavy atom. The summed E-state index contributed by atoms with van der Waals surface area (Å²) in [5, 5.41) is 0. The van der Waals surface area contributed by atoms with Gasteiger partial charge in [0.1, 0.15) is 0 Å². The van der Waals surface area contributed by atoms with Crippen LogP contribution in [0.1, 0.15) is 17.3 Å². The maximum Gasteiger partial charge on any atom is 0.339 e. The van der Waals surface area contributed by atoms with Gasteiger partial charge in [0.25, 0.3) is 0 Å². The maximum atomic E-state index is 12.2. The number of methoxy groups -OCH3 is 2. The van der Waals surface area contributed by atoms with Crippen molar-refractivity contribution in [2.75, 3.05) is 26.5 Å². The van der Waals surface area contributed by atoms with Crippen LogP contribution in [0.4, 0.5) is 5.69 Å². The van der Waals surface area contributed by atoms with E-state index in [-0.39, 0.29) is 28.8 Å². The zero-order valence-corrected chi connectivity index (χ0v) is 12.4. The normalized spacial score (nSPS) is 12.9. The van der Waals surface area contributed by atoms with Gasteiger partial charge in [0.15, 0.2) is 0 Å². The number of hydrogen-bond acceptors (Lipinski definition) is 6. The number of anilines is 1. The summed E-state index contributed by atoms with van der Waals surface area (Å²) in [7, 11) is -1.21. The summed E-state index contributed by atoms with van der Waals surface area (Å²) in [6, 6.07) is 3.93. The first-order valence-electron chi connectivity index (χ1n) is 5.82. The molecule has 0 heterocycles. The highest BCUT2D eigenvalue weighted by Gasteiger charge is 2.23. The summed E-state index contributed by atoms with van der Waals surface area (Å²) in [5.41, 5.74) is 5.73. The minimum Gasteiger partial charge on any atom is -0.465 e. The van der Waals surface area contributed by atoms with Gasteiger partial charge in [-0.25, -0.2) is 17.9 Å². The van der Waals surface area contributed by atoms with E-state index >= 15 is 0 Å². The zero-order valence-electron chi connectivity index (χ0n) is 11.5. The maximum absolute atomic E-state index is 12.2. The van der Waals surface area contributed by atoms with Gasteiger partial charge in [0, 0.05) is 19.3 Å². The minimum atomic E-state index is -3.85. The fourth-order valence-corrected chi connectivity index (χ4v) is 2.73. The molecule has 0 spiro atoms. The predicted octanol–water partition coefficient (Wildman–Crippen LogP) is 0.369. The van der Waals surface area contributed by atoms with Crippen LogP contribution >= 0.6 is 0 Å². The van der Waals surface area contributed by atoms with Crippen LogP contribution < -0.4 is 10.5 Å². The Morgan fingerprint density at radius 1 is 1.40 bits per heavy atom. The van der Waals surface area contributed by atoms with Crippen LogP contribution in [-0.4, -0.2) is 41.3 Å². The number of ether oxygens (including phenoxy) is 2. The van der Waals surface area contributed by atoms with Crippen molar-refractivity contribution in [3.8, 4) is 0 Å². The van der Waals surface area contributed by atoms with Gasteiger partial charge in [0.2, 0.25) is 10.0 Å². The first-order valence-corrected chi connectivity index (χ1v) is 7.30. The molecule has 0 amide bonds. The van der Waals surface area contributed by atoms with Crippen molar-refractivity contribution in [3.63, 3.8) is 0 Å². The van der Waals surface area contributed by atoms with E-state index in [1.807, 2.05) is 0 Å². The number of nitrogens with one attached hydrogen (secondary N) is 1. The molecule has 0 radical (unpaired) electrons. The molecule has 0 fully saturated rings. The molecule has 0 aliphatic rings. The average Bonchev–Trinajstić information content (AvgIpc) is 2.43. The molecule has 1 aromatic rings. The van der Waals surface area contributed by atoms with Crippen molar-refractivity contribution >= 4 is 21.7 Å². The standard InChI is InChI=1S/C12H18N2O5S/c1-8(18-2)7-14-20(16,17)11-5-4-9(13)6-10(11)12(15)19-3/h4-6,8,14H,7,13H2,1-3H3. The Balaban J connectivity index is 3.14. The number of benzene rings is 1. The Morgan fingerprint density at radius 2 is 2.05 bits per heavy atom. The number of hydrogen-bond donors (Lipinski definition) is 2. The van der Waals surface area contributed by atoms with Crippen LogP contribution in [0, 0.1) is 0 Å². The van der Waals surface area contributed by atoms with Gasteiger partial charge in [-0.05, 0) is 25.1 Å². The van der Waals surface area contributed by atoms with Gasteiger partial charge >= 0.3 is 5.97 Å². The quantitative estimate of drug-likeness (QED) is 0.580. The third kappa shape index (κ3) is 3.92. The molecule has 0 bridgehead atoms. The van der Waals surface area contributed by atoms with E-state index in [4.69, 9.17) is 10.5 Å². The summed E-state index contributed by atoms with van der Waals surface area (Å²) in [6.45, 7) is 1.80. The molecule has 1 atom stereocenters. The highest BCUT2D eigenvalue weighted by Crippen LogP contribution is 2.19. The van der Waals surface area contributed by atoms with Crippen LogP contribution in [0.2, 0.25) is 0 Å².